The fourth-order valence-electron chi connectivity index (χ4n) is 1.54. The van der Waals surface area contributed by atoms with Gasteiger partial charge in [-0.15, -0.1) is 0 Å². The van der Waals surface area contributed by atoms with Crippen LogP contribution in [0, 0.1) is 11.3 Å². The molecule has 0 radical (unpaired) electrons. The molecule has 1 N–H and O–H groups in total. The summed E-state index contributed by atoms with van der Waals surface area (Å²) in [6, 6.07) is 11.5. The van der Waals surface area contributed by atoms with Crippen molar-refractivity contribution < 1.29 is 0 Å². The van der Waals surface area contributed by atoms with Gasteiger partial charge >= 0.3 is 0 Å². The molecule has 4 nitrogen and oxygen atoms in total. The Bertz CT molecular complexity index is 531. The van der Waals surface area contributed by atoms with Crippen molar-refractivity contribution >= 4 is 5.69 Å². The van der Waals surface area contributed by atoms with E-state index in [0.29, 0.717) is 5.69 Å². The Kier molecular flexibility index (Phi) is 3.31. The first-order valence-electron chi connectivity index (χ1n) is 5.33. The monoisotopic (exact) mass is 224 g/mol. The zero-order valence-corrected chi connectivity index (χ0v) is 9.46. The summed E-state index contributed by atoms with van der Waals surface area (Å²) < 4.78 is 0. The van der Waals surface area contributed by atoms with Crippen LogP contribution in [0.3, 0.4) is 0 Å². The van der Waals surface area contributed by atoms with E-state index in [4.69, 9.17) is 5.26 Å². The zero-order chi connectivity index (χ0) is 12.1. The number of hydrogen-bond donors (Lipinski definition) is 1. The summed E-state index contributed by atoms with van der Waals surface area (Å²) in [5.41, 5.74) is 2.24. The van der Waals surface area contributed by atoms with Crippen LogP contribution in [0.4, 0.5) is 5.69 Å². The Morgan fingerprint density at radius 3 is 2.82 bits per heavy atom. The Labute approximate surface area is 100.0 Å². The Balaban J connectivity index is 2.13. The molecule has 0 aliphatic rings. The lowest BCUT2D eigenvalue weighted by atomic mass is 10.2. The number of hydrogen-bond acceptors (Lipinski definition) is 4. The molecule has 0 aromatic carbocycles. The first-order valence-corrected chi connectivity index (χ1v) is 5.33. The molecule has 0 bridgehead atoms. The molecule has 1 atom stereocenters. The molecular weight excluding hydrogens is 212 g/mol. The standard InChI is InChI=1S/C13H12N4/c1-10(13-4-2-3-6-16-13)17-11-5-7-15-12(8-11)9-14/h2-8,10H,1H3,(H,15,17). The van der Waals surface area contributed by atoms with E-state index in [0.717, 1.165) is 11.4 Å². The highest BCUT2D eigenvalue weighted by Crippen LogP contribution is 2.17. The number of nitriles is 1. The number of nitrogens with zero attached hydrogens (tertiary/aromatic N) is 3. The van der Waals surface area contributed by atoms with Crippen molar-refractivity contribution in [3.63, 3.8) is 0 Å². The summed E-state index contributed by atoms with van der Waals surface area (Å²) in [5, 5.41) is 12.0. The molecule has 17 heavy (non-hydrogen) atoms. The lowest BCUT2D eigenvalue weighted by Crippen LogP contribution is -2.08. The van der Waals surface area contributed by atoms with Gasteiger partial charge in [0.25, 0.3) is 0 Å². The minimum Gasteiger partial charge on any atom is -0.377 e. The summed E-state index contributed by atoms with van der Waals surface area (Å²) in [6.07, 6.45) is 3.38. The molecule has 4 heteroatoms. The highest BCUT2D eigenvalue weighted by molar-refractivity contribution is 5.47. The van der Waals surface area contributed by atoms with Gasteiger partial charge in [0.1, 0.15) is 11.8 Å². The summed E-state index contributed by atoms with van der Waals surface area (Å²) >= 11 is 0. The SMILES string of the molecule is CC(Nc1ccnc(C#N)c1)c1ccccn1. The van der Waals surface area contributed by atoms with Crippen molar-refractivity contribution in [3.8, 4) is 6.07 Å². The van der Waals surface area contributed by atoms with Crippen molar-refractivity contribution in [3.05, 3.63) is 54.1 Å². The molecule has 0 saturated carbocycles. The number of anilines is 1. The van der Waals surface area contributed by atoms with Gasteiger partial charge < -0.3 is 5.32 Å². The highest BCUT2D eigenvalue weighted by Gasteiger charge is 2.06. The lowest BCUT2D eigenvalue weighted by molar-refractivity contribution is 0.839. The lowest BCUT2D eigenvalue weighted by Gasteiger charge is -2.14. The second kappa shape index (κ2) is 5.08. The molecule has 2 heterocycles. The van der Waals surface area contributed by atoms with Crippen LogP contribution in [0.2, 0.25) is 0 Å². The van der Waals surface area contributed by atoms with E-state index in [2.05, 4.69) is 15.3 Å². The van der Waals surface area contributed by atoms with Crippen molar-refractivity contribution in [1.29, 1.82) is 5.26 Å². The molecule has 1 unspecified atom stereocenters. The van der Waals surface area contributed by atoms with Crippen molar-refractivity contribution in [1.82, 2.24) is 9.97 Å². The Hall–Kier alpha value is -2.41. The van der Waals surface area contributed by atoms with Crippen LogP contribution < -0.4 is 5.32 Å². The average Bonchev–Trinajstić information content (AvgIpc) is 2.40. The second-order valence-electron chi connectivity index (χ2n) is 3.66. The third-order valence-corrected chi connectivity index (χ3v) is 2.39. The van der Waals surface area contributed by atoms with Crippen molar-refractivity contribution in [2.45, 2.75) is 13.0 Å². The van der Waals surface area contributed by atoms with E-state index in [9.17, 15) is 0 Å². The van der Waals surface area contributed by atoms with Gasteiger partial charge in [-0.1, -0.05) is 6.07 Å². The molecule has 0 spiro atoms. The van der Waals surface area contributed by atoms with Gasteiger partial charge in [-0.25, -0.2) is 4.98 Å². The minimum absolute atomic E-state index is 0.0881. The van der Waals surface area contributed by atoms with E-state index in [1.54, 1.807) is 18.5 Å². The maximum absolute atomic E-state index is 8.76. The van der Waals surface area contributed by atoms with Gasteiger partial charge in [0.05, 0.1) is 11.7 Å². The molecule has 84 valence electrons. The summed E-state index contributed by atoms with van der Waals surface area (Å²) in [5.74, 6) is 0. The third-order valence-electron chi connectivity index (χ3n) is 2.39. The van der Waals surface area contributed by atoms with Crippen LogP contribution in [0.1, 0.15) is 24.4 Å². The minimum atomic E-state index is 0.0881. The summed E-state index contributed by atoms with van der Waals surface area (Å²) in [7, 11) is 0. The Morgan fingerprint density at radius 2 is 2.12 bits per heavy atom. The quantitative estimate of drug-likeness (QED) is 0.870. The van der Waals surface area contributed by atoms with E-state index < -0.39 is 0 Å². The molecule has 2 aromatic rings. The first-order chi connectivity index (χ1) is 8.29. The molecule has 0 fully saturated rings. The van der Waals surface area contributed by atoms with Crippen LogP contribution in [0.15, 0.2) is 42.7 Å². The smallest absolute Gasteiger partial charge is 0.142 e. The van der Waals surface area contributed by atoms with Gasteiger partial charge in [-0.2, -0.15) is 5.26 Å². The van der Waals surface area contributed by atoms with Crippen LogP contribution in [0.25, 0.3) is 0 Å². The largest absolute Gasteiger partial charge is 0.377 e. The Morgan fingerprint density at radius 1 is 1.24 bits per heavy atom. The molecule has 2 aromatic heterocycles. The van der Waals surface area contributed by atoms with E-state index in [1.807, 2.05) is 37.3 Å². The van der Waals surface area contributed by atoms with Crippen molar-refractivity contribution in [2.24, 2.45) is 0 Å². The molecule has 0 amide bonds. The van der Waals surface area contributed by atoms with Gasteiger partial charge in [-0.3, -0.25) is 4.98 Å². The first kappa shape index (κ1) is 11.1. The molecule has 2 rings (SSSR count). The van der Waals surface area contributed by atoms with Gasteiger partial charge in [0, 0.05) is 18.1 Å². The van der Waals surface area contributed by atoms with Crippen LogP contribution >= 0.6 is 0 Å². The van der Waals surface area contributed by atoms with E-state index >= 15 is 0 Å². The second-order valence-corrected chi connectivity index (χ2v) is 3.66. The fourth-order valence-corrected chi connectivity index (χ4v) is 1.54. The highest BCUT2D eigenvalue weighted by atomic mass is 14.9. The van der Waals surface area contributed by atoms with Gasteiger partial charge in [0.15, 0.2) is 0 Å². The molecule has 0 aliphatic heterocycles. The molecular formula is C13H12N4. The predicted molar refractivity (Wildman–Crippen MR) is 65.2 cm³/mol. The maximum Gasteiger partial charge on any atom is 0.142 e. The molecule has 0 saturated heterocycles. The fraction of sp³-hybridized carbons (Fsp3) is 0.154. The van der Waals surface area contributed by atoms with Crippen LogP contribution in [-0.2, 0) is 0 Å². The average molecular weight is 224 g/mol. The van der Waals surface area contributed by atoms with Crippen LogP contribution in [0.5, 0.6) is 0 Å². The molecule has 0 aliphatic carbocycles. The summed E-state index contributed by atoms with van der Waals surface area (Å²) in [6.45, 7) is 2.02. The normalized spacial score (nSPS) is 11.5. The number of aromatic nitrogens is 2. The van der Waals surface area contributed by atoms with E-state index in [-0.39, 0.29) is 6.04 Å². The number of pyridine rings is 2. The third kappa shape index (κ3) is 2.79. The van der Waals surface area contributed by atoms with Gasteiger partial charge in [-0.05, 0) is 31.2 Å². The maximum atomic E-state index is 8.76. The summed E-state index contributed by atoms with van der Waals surface area (Å²) in [4.78, 5) is 8.20. The number of nitrogens with one attached hydrogen (secondary N) is 1. The zero-order valence-electron chi connectivity index (χ0n) is 9.46. The van der Waals surface area contributed by atoms with Crippen molar-refractivity contribution in [2.75, 3.05) is 5.32 Å². The van der Waals surface area contributed by atoms with Gasteiger partial charge in [0.2, 0.25) is 0 Å². The van der Waals surface area contributed by atoms with Crippen LogP contribution in [-0.4, -0.2) is 9.97 Å². The van der Waals surface area contributed by atoms with E-state index in [1.165, 1.54) is 0 Å². The predicted octanol–water partition coefficient (Wildman–Crippen LogP) is 2.52. The topological polar surface area (TPSA) is 61.6 Å². The number of rotatable bonds is 3.